The minimum atomic E-state index is -5.26. The summed E-state index contributed by atoms with van der Waals surface area (Å²) < 4.78 is 90.6. The van der Waals surface area contributed by atoms with Gasteiger partial charge >= 0.3 is 18.3 Å². The van der Waals surface area contributed by atoms with Crippen molar-refractivity contribution in [2.45, 2.75) is 25.8 Å². The monoisotopic (exact) mass is 430 g/mol. The van der Waals surface area contributed by atoms with Crippen LogP contribution in [0.2, 0.25) is 5.02 Å². The van der Waals surface area contributed by atoms with Gasteiger partial charge in [0.05, 0.1) is 17.1 Å². The fourth-order valence-corrected chi connectivity index (χ4v) is 2.49. The van der Waals surface area contributed by atoms with Crippen LogP contribution in [0.1, 0.15) is 16.8 Å². The Kier molecular flexibility index (Phi) is 5.79. The Labute approximate surface area is 157 Å². The lowest BCUT2D eigenvalue weighted by Crippen LogP contribution is -2.34. The van der Waals surface area contributed by atoms with E-state index in [0.29, 0.717) is 16.7 Å². The highest BCUT2D eigenvalue weighted by molar-refractivity contribution is 6.30. The highest BCUT2D eigenvalue weighted by Crippen LogP contribution is 2.33. The molecule has 2 rings (SSSR count). The van der Waals surface area contributed by atoms with Gasteiger partial charge in [0.1, 0.15) is 11.5 Å². The number of nitrogens with one attached hydrogen (secondary N) is 1. The van der Waals surface area contributed by atoms with Crippen molar-refractivity contribution < 1.29 is 35.5 Å². The number of carbonyl (C=O) groups excluding carboxylic acids is 1. The number of rotatable bonds is 3. The van der Waals surface area contributed by atoms with Crippen LogP contribution in [-0.4, -0.2) is 16.7 Å². The maximum atomic E-state index is 14.2. The van der Waals surface area contributed by atoms with Crippen LogP contribution in [0.4, 0.5) is 36.4 Å². The molecule has 0 unspecified atom stereocenters. The standard InChI is InChI=1S/C16H10ClF7N2O2/c1-7-2-3-11(25-14(28)16(22,23)24)13(27)26(7)6-8-4-9(15(19,20)21)5-10(17)12(8)18/h2-5H,6H2,1H3,(H,25,28). The van der Waals surface area contributed by atoms with Gasteiger partial charge in [-0.1, -0.05) is 11.6 Å². The molecule has 12 heteroatoms. The van der Waals surface area contributed by atoms with E-state index in [4.69, 9.17) is 11.6 Å². The van der Waals surface area contributed by atoms with Gasteiger partial charge in [-0.05, 0) is 31.2 Å². The summed E-state index contributed by atoms with van der Waals surface area (Å²) in [7, 11) is 0. The summed E-state index contributed by atoms with van der Waals surface area (Å²) in [6.45, 7) is 0.569. The second-order valence-corrected chi connectivity index (χ2v) is 6.07. The number of pyridine rings is 1. The van der Waals surface area contributed by atoms with E-state index in [1.807, 2.05) is 0 Å². The Morgan fingerprint density at radius 1 is 1.14 bits per heavy atom. The second kappa shape index (κ2) is 7.46. The van der Waals surface area contributed by atoms with Crippen LogP contribution >= 0.6 is 11.6 Å². The molecule has 1 aromatic heterocycles. The Morgan fingerprint density at radius 3 is 2.29 bits per heavy atom. The molecule has 4 nitrogen and oxygen atoms in total. The van der Waals surface area contributed by atoms with Crippen LogP contribution in [0.25, 0.3) is 0 Å². The van der Waals surface area contributed by atoms with E-state index >= 15 is 0 Å². The van der Waals surface area contributed by atoms with Gasteiger partial charge in [-0.2, -0.15) is 26.3 Å². The third-order valence-corrected chi connectivity index (χ3v) is 3.93. The molecule has 1 heterocycles. The maximum Gasteiger partial charge on any atom is 0.471 e. The first kappa shape index (κ1) is 21.7. The molecular weight excluding hydrogens is 421 g/mol. The van der Waals surface area contributed by atoms with Crippen molar-refractivity contribution in [1.82, 2.24) is 4.57 Å². The molecule has 0 saturated carbocycles. The summed E-state index contributed by atoms with van der Waals surface area (Å²) in [4.78, 5) is 23.3. The van der Waals surface area contributed by atoms with Crippen LogP contribution in [-0.2, 0) is 17.5 Å². The number of anilines is 1. The fourth-order valence-electron chi connectivity index (χ4n) is 2.25. The van der Waals surface area contributed by atoms with Gasteiger partial charge in [-0.25, -0.2) is 4.39 Å². The van der Waals surface area contributed by atoms with E-state index in [-0.39, 0.29) is 5.69 Å². The predicted molar refractivity (Wildman–Crippen MR) is 85.6 cm³/mol. The summed E-state index contributed by atoms with van der Waals surface area (Å²) in [6, 6.07) is 2.85. The molecule has 28 heavy (non-hydrogen) atoms. The quantitative estimate of drug-likeness (QED) is 0.728. The fraction of sp³-hybridized carbons (Fsp3) is 0.250. The molecule has 0 bridgehead atoms. The Hall–Kier alpha value is -2.56. The maximum absolute atomic E-state index is 14.2. The van der Waals surface area contributed by atoms with Crippen molar-refractivity contribution in [2.75, 3.05) is 5.32 Å². The lowest BCUT2D eigenvalue weighted by molar-refractivity contribution is -0.167. The smallest absolute Gasteiger partial charge is 0.314 e. The molecule has 0 spiro atoms. The van der Waals surface area contributed by atoms with Gasteiger partial charge < -0.3 is 9.88 Å². The zero-order chi connectivity index (χ0) is 21.4. The van der Waals surface area contributed by atoms with Crippen LogP contribution in [0.5, 0.6) is 0 Å². The summed E-state index contributed by atoms with van der Waals surface area (Å²) in [5.74, 6) is -3.63. The molecule has 1 aromatic carbocycles. The van der Waals surface area contributed by atoms with E-state index < -0.39 is 58.0 Å². The number of aryl methyl sites for hydroxylation is 1. The van der Waals surface area contributed by atoms with Crippen molar-refractivity contribution in [2.24, 2.45) is 0 Å². The summed E-state index contributed by atoms with van der Waals surface area (Å²) in [5.41, 5.74) is -3.70. The van der Waals surface area contributed by atoms with Crippen LogP contribution in [0.3, 0.4) is 0 Å². The average molecular weight is 431 g/mol. The van der Waals surface area contributed by atoms with Crippen LogP contribution < -0.4 is 10.9 Å². The van der Waals surface area contributed by atoms with Crippen molar-refractivity contribution in [3.05, 3.63) is 62.3 Å². The normalized spacial score (nSPS) is 12.2. The number of hydrogen-bond donors (Lipinski definition) is 1. The van der Waals surface area contributed by atoms with Gasteiger partial charge in [-0.3, -0.25) is 9.59 Å². The minimum absolute atomic E-state index is 0.0999. The second-order valence-electron chi connectivity index (χ2n) is 5.66. The Morgan fingerprint density at radius 2 is 1.75 bits per heavy atom. The van der Waals surface area contributed by atoms with Crippen molar-refractivity contribution in [3.63, 3.8) is 0 Å². The zero-order valence-electron chi connectivity index (χ0n) is 13.8. The van der Waals surface area contributed by atoms with Crippen molar-refractivity contribution in [1.29, 1.82) is 0 Å². The number of carbonyl (C=O) groups is 1. The summed E-state index contributed by atoms with van der Waals surface area (Å²) in [5, 5.41) is 0.532. The number of alkyl halides is 6. The van der Waals surface area contributed by atoms with Gasteiger partial charge in [0.25, 0.3) is 5.56 Å². The highest BCUT2D eigenvalue weighted by atomic mass is 35.5. The van der Waals surface area contributed by atoms with E-state index in [1.54, 1.807) is 0 Å². The number of halogens is 8. The first-order valence-electron chi connectivity index (χ1n) is 7.35. The minimum Gasteiger partial charge on any atom is -0.314 e. The van der Waals surface area contributed by atoms with Gasteiger partial charge in [0.2, 0.25) is 0 Å². The molecule has 0 aliphatic carbocycles. The molecule has 2 aromatic rings. The van der Waals surface area contributed by atoms with Gasteiger partial charge in [0.15, 0.2) is 0 Å². The lowest BCUT2D eigenvalue weighted by atomic mass is 10.1. The van der Waals surface area contributed by atoms with E-state index in [2.05, 4.69) is 0 Å². The number of nitrogens with zero attached hydrogens (tertiary/aromatic N) is 1. The summed E-state index contributed by atoms with van der Waals surface area (Å²) >= 11 is 5.48. The van der Waals surface area contributed by atoms with Crippen molar-refractivity contribution in [3.8, 4) is 0 Å². The van der Waals surface area contributed by atoms with Gasteiger partial charge in [0, 0.05) is 11.3 Å². The first-order chi connectivity index (χ1) is 12.7. The largest absolute Gasteiger partial charge is 0.471 e. The van der Waals surface area contributed by atoms with Crippen LogP contribution in [0.15, 0.2) is 29.1 Å². The van der Waals surface area contributed by atoms with E-state index in [1.165, 1.54) is 12.2 Å². The molecule has 0 aliphatic heterocycles. The molecule has 0 aliphatic rings. The molecule has 0 saturated heterocycles. The van der Waals surface area contributed by atoms with E-state index in [0.717, 1.165) is 12.1 Å². The Balaban J connectivity index is 2.50. The molecule has 1 amide bonds. The number of hydrogen-bond acceptors (Lipinski definition) is 2. The van der Waals surface area contributed by atoms with Crippen molar-refractivity contribution >= 4 is 23.2 Å². The lowest BCUT2D eigenvalue weighted by Gasteiger charge is -2.16. The number of aromatic nitrogens is 1. The average Bonchev–Trinajstić information content (AvgIpc) is 2.55. The predicted octanol–water partition coefficient (Wildman–Crippen LogP) is 4.52. The topological polar surface area (TPSA) is 51.1 Å². The molecule has 1 N–H and O–H groups in total. The van der Waals surface area contributed by atoms with Gasteiger partial charge in [-0.15, -0.1) is 0 Å². The molecule has 152 valence electrons. The highest BCUT2D eigenvalue weighted by Gasteiger charge is 2.39. The molecule has 0 radical (unpaired) electrons. The van der Waals surface area contributed by atoms with E-state index in [9.17, 15) is 40.3 Å². The SMILES string of the molecule is Cc1ccc(NC(=O)C(F)(F)F)c(=O)n1Cc1cc(C(F)(F)F)cc(Cl)c1F. The first-order valence-corrected chi connectivity index (χ1v) is 7.73. The number of benzene rings is 1. The number of amides is 1. The third-order valence-electron chi connectivity index (χ3n) is 3.66. The molecule has 0 atom stereocenters. The third kappa shape index (κ3) is 4.64. The Bertz CT molecular complexity index is 981. The summed E-state index contributed by atoms with van der Waals surface area (Å²) in [6.07, 6.45) is -10.1. The molecule has 0 fully saturated rings. The molecular formula is C16H10ClF7N2O2. The van der Waals surface area contributed by atoms with Crippen LogP contribution in [0, 0.1) is 12.7 Å². The zero-order valence-corrected chi connectivity index (χ0v) is 14.6.